The Balaban J connectivity index is 1.04. The zero-order chi connectivity index (χ0) is 37.8. The van der Waals surface area contributed by atoms with Gasteiger partial charge in [-0.05, 0) is 86.5 Å². The summed E-state index contributed by atoms with van der Waals surface area (Å²) < 4.78 is 6.90. The lowest BCUT2D eigenvalue weighted by molar-refractivity contribution is 0.670. The van der Waals surface area contributed by atoms with E-state index in [-0.39, 0.29) is 0 Å². The van der Waals surface area contributed by atoms with Gasteiger partial charge < -0.3 is 9.32 Å². The molecule has 0 atom stereocenters. The lowest BCUT2D eigenvalue weighted by Gasteiger charge is -2.34. The van der Waals surface area contributed by atoms with Crippen molar-refractivity contribution in [1.82, 2.24) is 0 Å². The van der Waals surface area contributed by atoms with E-state index in [9.17, 15) is 0 Å². The van der Waals surface area contributed by atoms with E-state index in [0.29, 0.717) is 0 Å². The predicted octanol–water partition coefficient (Wildman–Crippen LogP) is 14.8. The van der Waals surface area contributed by atoms with Crippen molar-refractivity contribution in [1.29, 1.82) is 0 Å². The highest BCUT2D eigenvalue weighted by atomic mass is 16.3. The largest absolute Gasteiger partial charge is 0.453 e. The summed E-state index contributed by atoms with van der Waals surface area (Å²) in [7, 11) is 0. The van der Waals surface area contributed by atoms with Crippen LogP contribution in [0.25, 0.3) is 55.3 Å². The van der Waals surface area contributed by atoms with Crippen molar-refractivity contribution in [3.8, 4) is 33.4 Å². The topological polar surface area (TPSA) is 16.4 Å². The van der Waals surface area contributed by atoms with Gasteiger partial charge in [-0.3, -0.25) is 0 Å². The molecule has 0 N–H and O–H groups in total. The minimum atomic E-state index is -0.444. The lowest BCUT2D eigenvalue weighted by Crippen LogP contribution is -2.28. The third-order valence-corrected chi connectivity index (χ3v) is 11.8. The number of hydrogen-bond donors (Lipinski definition) is 0. The Bertz CT molecular complexity index is 3010. The molecule has 2 nitrogen and oxygen atoms in total. The number of benzene rings is 9. The molecule has 0 unspecified atom stereocenters. The van der Waals surface area contributed by atoms with Crippen molar-refractivity contribution < 1.29 is 4.42 Å². The first kappa shape index (κ1) is 33.0. The molecule has 2 heteroatoms. The Hall–Kier alpha value is -7.42. The molecule has 1 aliphatic rings. The van der Waals surface area contributed by atoms with E-state index in [0.717, 1.165) is 55.7 Å². The van der Waals surface area contributed by atoms with Gasteiger partial charge in [0.2, 0.25) is 0 Å². The second-order valence-corrected chi connectivity index (χ2v) is 14.8. The zero-order valence-corrected chi connectivity index (χ0v) is 31.2. The van der Waals surface area contributed by atoms with Gasteiger partial charge in [0.1, 0.15) is 5.58 Å². The van der Waals surface area contributed by atoms with Crippen LogP contribution >= 0.6 is 0 Å². The van der Waals surface area contributed by atoms with Gasteiger partial charge in [0, 0.05) is 27.7 Å². The van der Waals surface area contributed by atoms with Crippen LogP contribution in [-0.2, 0) is 5.41 Å². The molecule has 1 aliphatic carbocycles. The number of nitrogens with zero attached hydrogens (tertiary/aromatic N) is 1. The van der Waals surface area contributed by atoms with Gasteiger partial charge in [0.05, 0.1) is 11.1 Å². The number of anilines is 3. The van der Waals surface area contributed by atoms with Crippen LogP contribution in [0, 0.1) is 0 Å². The van der Waals surface area contributed by atoms with Crippen LogP contribution in [0.5, 0.6) is 0 Å². The fraction of sp³-hybridized carbons (Fsp3) is 0.0182. The molecule has 0 aliphatic heterocycles. The van der Waals surface area contributed by atoms with E-state index >= 15 is 0 Å². The zero-order valence-electron chi connectivity index (χ0n) is 31.2. The summed E-state index contributed by atoms with van der Waals surface area (Å²) in [6.45, 7) is 0. The minimum Gasteiger partial charge on any atom is -0.453 e. The number of fused-ring (bicyclic) bond motifs is 6. The molecule has 1 aromatic heterocycles. The molecule has 0 radical (unpaired) electrons. The van der Waals surface area contributed by atoms with E-state index in [1.54, 1.807) is 0 Å². The van der Waals surface area contributed by atoms with Crippen LogP contribution in [0.3, 0.4) is 0 Å². The predicted molar refractivity (Wildman–Crippen MR) is 237 cm³/mol. The van der Waals surface area contributed by atoms with Crippen molar-refractivity contribution in [3.63, 3.8) is 0 Å². The normalized spacial score (nSPS) is 12.7. The highest BCUT2D eigenvalue weighted by Gasteiger charge is 2.45. The molecule has 0 bridgehead atoms. The maximum atomic E-state index is 6.90. The van der Waals surface area contributed by atoms with Crippen molar-refractivity contribution in [2.75, 3.05) is 4.90 Å². The number of hydrogen-bond acceptors (Lipinski definition) is 2. The highest BCUT2D eigenvalue weighted by molar-refractivity contribution is 6.13. The third kappa shape index (κ3) is 5.18. The molecule has 0 fully saturated rings. The molecule has 0 saturated heterocycles. The van der Waals surface area contributed by atoms with Crippen LogP contribution < -0.4 is 4.90 Å². The lowest BCUT2D eigenvalue weighted by atomic mass is 9.67. The van der Waals surface area contributed by atoms with Crippen LogP contribution in [-0.4, -0.2) is 0 Å². The fourth-order valence-electron chi connectivity index (χ4n) is 9.28. The monoisotopic (exact) mass is 727 g/mol. The van der Waals surface area contributed by atoms with E-state index in [4.69, 9.17) is 4.42 Å². The van der Waals surface area contributed by atoms with Crippen molar-refractivity contribution >= 4 is 39.0 Å². The first-order valence-electron chi connectivity index (χ1n) is 19.6. The van der Waals surface area contributed by atoms with Gasteiger partial charge in [-0.1, -0.05) is 188 Å². The Kier molecular flexibility index (Phi) is 7.75. The number of para-hydroxylation sites is 3. The van der Waals surface area contributed by atoms with Gasteiger partial charge >= 0.3 is 0 Å². The average Bonchev–Trinajstić information content (AvgIpc) is 3.83. The van der Waals surface area contributed by atoms with Gasteiger partial charge in [-0.25, -0.2) is 0 Å². The van der Waals surface area contributed by atoms with Gasteiger partial charge in [0.25, 0.3) is 0 Å². The second-order valence-electron chi connectivity index (χ2n) is 14.8. The molecule has 10 aromatic rings. The van der Waals surface area contributed by atoms with E-state index in [1.807, 2.05) is 0 Å². The third-order valence-electron chi connectivity index (χ3n) is 11.8. The Morgan fingerprint density at radius 3 is 1.54 bits per heavy atom. The SMILES string of the molecule is c1ccc(-c2cccc3c2oc2c(N(c4ccccc4)c4ccc(-c5cccc(C6(c7ccccc7)c7ccccc7-c7ccccc76)c5)cc4)cccc23)cc1. The summed E-state index contributed by atoms with van der Waals surface area (Å²) in [5, 5.41) is 2.20. The summed E-state index contributed by atoms with van der Waals surface area (Å²) >= 11 is 0. The first-order valence-corrected chi connectivity index (χ1v) is 19.6. The standard InChI is InChI=1S/C55H37NO/c1-4-17-39(18-5-1)45-27-15-28-48-49-29-16-32-52(54(49)57-53(45)48)56(43-23-8-3-9-24-43)44-35-33-38(34-36-44)40-19-14-22-42(37-40)55(41-20-6-2-7-21-41)50-30-12-10-25-46(50)47-26-11-13-31-51(47)55/h1-37H. The van der Waals surface area contributed by atoms with Crippen LogP contribution in [0.1, 0.15) is 22.3 Å². The molecule has 268 valence electrons. The van der Waals surface area contributed by atoms with Crippen molar-refractivity contribution in [3.05, 3.63) is 247 Å². The summed E-state index contributed by atoms with van der Waals surface area (Å²) in [5.74, 6) is 0. The maximum Gasteiger partial charge on any atom is 0.159 e. The Morgan fingerprint density at radius 1 is 0.333 bits per heavy atom. The molecule has 0 saturated carbocycles. The summed E-state index contributed by atoms with van der Waals surface area (Å²) in [5.41, 5.74) is 16.7. The first-order chi connectivity index (χ1) is 28.3. The smallest absolute Gasteiger partial charge is 0.159 e. The van der Waals surface area contributed by atoms with Gasteiger partial charge in [-0.2, -0.15) is 0 Å². The van der Waals surface area contributed by atoms with Gasteiger partial charge in [0.15, 0.2) is 5.58 Å². The highest BCUT2D eigenvalue weighted by Crippen LogP contribution is 2.56. The molecule has 57 heavy (non-hydrogen) atoms. The number of furan rings is 1. The maximum absolute atomic E-state index is 6.90. The molecular formula is C55H37NO. The molecule has 0 amide bonds. The second kappa shape index (κ2) is 13.4. The molecule has 9 aromatic carbocycles. The van der Waals surface area contributed by atoms with Crippen molar-refractivity contribution in [2.45, 2.75) is 5.41 Å². The molecule has 0 spiro atoms. The Morgan fingerprint density at radius 2 is 0.842 bits per heavy atom. The number of rotatable bonds is 7. The summed E-state index contributed by atoms with van der Waals surface area (Å²) in [6.07, 6.45) is 0. The van der Waals surface area contributed by atoms with E-state index in [2.05, 4.69) is 229 Å². The van der Waals surface area contributed by atoms with Crippen molar-refractivity contribution in [2.24, 2.45) is 0 Å². The average molecular weight is 728 g/mol. The van der Waals surface area contributed by atoms with Gasteiger partial charge in [-0.15, -0.1) is 0 Å². The van der Waals surface area contributed by atoms with Crippen LogP contribution in [0.15, 0.2) is 229 Å². The van der Waals surface area contributed by atoms with E-state index in [1.165, 1.54) is 38.9 Å². The summed E-state index contributed by atoms with van der Waals surface area (Å²) in [4.78, 5) is 2.31. The quantitative estimate of drug-likeness (QED) is 0.163. The molecular weight excluding hydrogens is 691 g/mol. The summed E-state index contributed by atoms with van der Waals surface area (Å²) in [6, 6.07) is 80.9. The Labute approximate surface area is 332 Å². The van der Waals surface area contributed by atoms with E-state index < -0.39 is 5.41 Å². The fourth-order valence-corrected chi connectivity index (χ4v) is 9.28. The molecule has 11 rings (SSSR count). The molecule has 1 heterocycles. The van der Waals surface area contributed by atoms with Crippen LogP contribution in [0.4, 0.5) is 17.1 Å². The van der Waals surface area contributed by atoms with Crippen LogP contribution in [0.2, 0.25) is 0 Å². The minimum absolute atomic E-state index is 0.444.